The van der Waals surface area contributed by atoms with Gasteiger partial charge in [0.1, 0.15) is 8.07 Å². The van der Waals surface area contributed by atoms with Crippen LogP contribution in [0.2, 0.25) is 19.6 Å². The minimum atomic E-state index is -1.45. The Kier molecular flexibility index (Phi) is 7.32. The molecule has 0 bridgehead atoms. The van der Waals surface area contributed by atoms with Crippen LogP contribution in [-0.4, -0.2) is 8.07 Å². The zero-order valence-corrected chi connectivity index (χ0v) is 13.5. The predicted octanol–water partition coefficient (Wildman–Crippen LogP) is 3.52. The van der Waals surface area contributed by atoms with Gasteiger partial charge in [0.05, 0.1) is 11.3 Å². The molecule has 1 aromatic rings. The Bertz CT molecular complexity index is 407. The molecule has 1 rings (SSSR count). The number of hydrogen-bond acceptors (Lipinski definition) is 1. The molecule has 92 valence electrons. The molecule has 0 aliphatic heterocycles. The van der Waals surface area contributed by atoms with Crippen molar-refractivity contribution in [2.75, 3.05) is 5.73 Å². The molecule has 0 fully saturated rings. The minimum absolute atomic E-state index is 0.160. The van der Waals surface area contributed by atoms with Crippen molar-refractivity contribution in [1.82, 2.24) is 0 Å². The Labute approximate surface area is 117 Å². The van der Waals surface area contributed by atoms with Crippen molar-refractivity contribution < 1.29 is 17.2 Å². The van der Waals surface area contributed by atoms with E-state index in [2.05, 4.69) is 43.9 Å². The average molecular weight is 398 g/mol. The summed E-state index contributed by atoms with van der Waals surface area (Å²) in [6.07, 6.45) is 0. The van der Waals surface area contributed by atoms with Crippen molar-refractivity contribution in [2.24, 2.45) is 0 Å². The van der Waals surface area contributed by atoms with Crippen LogP contribution in [-0.2, 0) is 12.8 Å². The van der Waals surface area contributed by atoms with Crippen LogP contribution in [0, 0.1) is 17.3 Å². The summed E-state index contributed by atoms with van der Waals surface area (Å²) in [5.74, 6) is 2.45. The van der Waals surface area contributed by atoms with Gasteiger partial charge in [-0.25, -0.2) is 4.39 Å². The van der Waals surface area contributed by atoms with Gasteiger partial charge in [-0.2, -0.15) is 0 Å². The van der Waals surface area contributed by atoms with E-state index in [-0.39, 0.29) is 5.69 Å². The van der Waals surface area contributed by atoms with Crippen LogP contribution in [0.1, 0.15) is 5.56 Å². The summed E-state index contributed by atoms with van der Waals surface area (Å²) < 4.78 is 13.4. The number of benzene rings is 1. The molecule has 16 heavy (non-hydrogen) atoms. The predicted molar refractivity (Wildman–Crippen MR) is 75.1 cm³/mol. The fraction of sp³-hybridized carbons (Fsp3) is 0.273. The van der Waals surface area contributed by atoms with Crippen molar-refractivity contribution in [3.63, 3.8) is 0 Å². The number of anilines is 1. The molecule has 2 N–H and O–H groups in total. The van der Waals surface area contributed by atoms with Gasteiger partial charge in [-0.15, -0.1) is 5.54 Å². The number of rotatable bonds is 0. The monoisotopic (exact) mass is 397 g/mol. The molecule has 0 aliphatic rings. The van der Waals surface area contributed by atoms with Crippen LogP contribution < -0.4 is 5.73 Å². The topological polar surface area (TPSA) is 26.0 Å². The maximum atomic E-state index is 13.4. The molecule has 0 unspecified atom stereocenters. The number of halogens is 2. The first kappa shape index (κ1) is 16.0. The second-order valence-electron chi connectivity index (χ2n) is 4.21. The second kappa shape index (κ2) is 7.33. The van der Waals surface area contributed by atoms with Crippen LogP contribution >= 0.6 is 20.3 Å². The molecule has 1 aromatic carbocycles. The number of nitrogens with two attached hydrogens (primary N) is 1. The fourth-order valence-corrected chi connectivity index (χ4v) is 1.41. The third kappa shape index (κ3) is 5.90. The summed E-state index contributed by atoms with van der Waals surface area (Å²) >= 11 is 5.87. The molecule has 0 heterocycles. The Morgan fingerprint density at radius 2 is 1.88 bits per heavy atom. The van der Waals surface area contributed by atoms with Crippen molar-refractivity contribution >= 4 is 34.1 Å². The van der Waals surface area contributed by atoms with Crippen LogP contribution in [0.5, 0.6) is 0 Å². The molecule has 0 saturated carbocycles. The van der Waals surface area contributed by atoms with E-state index in [9.17, 15) is 4.39 Å². The summed E-state index contributed by atoms with van der Waals surface area (Å²) in [4.78, 5) is 0. The molecule has 0 radical (unpaired) electrons. The SMILES string of the molecule is C[Si](C)(C)C#Cc1cccc(N)c1F.[Cu][I]. The molecule has 0 aromatic heterocycles. The van der Waals surface area contributed by atoms with Crippen molar-refractivity contribution in [3.05, 3.63) is 29.6 Å². The zero-order chi connectivity index (χ0) is 12.8. The number of hydrogen-bond donors (Lipinski definition) is 1. The molecule has 0 atom stereocenters. The maximum absolute atomic E-state index is 13.4. The van der Waals surface area contributed by atoms with Crippen LogP contribution in [0.3, 0.4) is 0 Å². The summed E-state index contributed by atoms with van der Waals surface area (Å²) in [6, 6.07) is 4.90. The summed E-state index contributed by atoms with van der Waals surface area (Å²) in [5, 5.41) is 0. The van der Waals surface area contributed by atoms with E-state index in [0.29, 0.717) is 5.56 Å². The molecular formula is C11H14CuFINSi. The standard InChI is InChI=1S/C11H14FNSi.Cu.HI/c1-14(2,3)8-7-9-5-4-6-10(13)11(9)12;;/h4-6H,13H2,1-3H3;;1H/q;+1;/p-1. The summed E-state index contributed by atoms with van der Waals surface area (Å²) in [5.41, 5.74) is 9.08. The van der Waals surface area contributed by atoms with Crippen molar-refractivity contribution in [1.29, 1.82) is 0 Å². The third-order valence-electron chi connectivity index (χ3n) is 1.60. The van der Waals surface area contributed by atoms with Gasteiger partial charge in [-0.1, -0.05) is 31.6 Å². The number of nitrogen functional groups attached to an aromatic ring is 1. The molecule has 0 spiro atoms. The molecule has 0 aliphatic carbocycles. The molecule has 1 nitrogen and oxygen atoms in total. The van der Waals surface area contributed by atoms with Crippen molar-refractivity contribution in [2.45, 2.75) is 19.6 Å². The molecule has 0 amide bonds. The Morgan fingerprint density at radius 3 is 2.38 bits per heavy atom. The van der Waals surface area contributed by atoms with Gasteiger partial charge < -0.3 is 5.73 Å². The van der Waals surface area contributed by atoms with Gasteiger partial charge in [-0.3, -0.25) is 0 Å². The normalized spacial score (nSPS) is 9.69. The Hall–Kier alpha value is -0.0236. The van der Waals surface area contributed by atoms with E-state index in [1.165, 1.54) is 6.07 Å². The van der Waals surface area contributed by atoms with Gasteiger partial charge >= 0.3 is 33.1 Å². The van der Waals surface area contributed by atoms with E-state index in [1.54, 1.807) is 32.5 Å². The Balaban J connectivity index is 0.00000106. The summed E-state index contributed by atoms with van der Waals surface area (Å²) in [7, 11) is -1.45. The first-order chi connectivity index (χ1) is 7.40. The van der Waals surface area contributed by atoms with Crippen LogP contribution in [0.4, 0.5) is 10.1 Å². The van der Waals surface area contributed by atoms with Gasteiger partial charge in [0.15, 0.2) is 5.82 Å². The molecule has 0 saturated heterocycles. The van der Waals surface area contributed by atoms with E-state index in [0.717, 1.165) is 0 Å². The average Bonchev–Trinajstić information content (AvgIpc) is 2.22. The van der Waals surface area contributed by atoms with Gasteiger partial charge in [0.25, 0.3) is 0 Å². The second-order valence-corrected chi connectivity index (χ2v) is 8.96. The first-order valence-corrected chi connectivity index (χ1v) is 11.1. The van der Waals surface area contributed by atoms with E-state index in [1.807, 2.05) is 0 Å². The fourth-order valence-electron chi connectivity index (χ4n) is 0.901. The Morgan fingerprint density at radius 1 is 1.31 bits per heavy atom. The van der Waals surface area contributed by atoms with Crippen molar-refractivity contribution in [3.8, 4) is 11.5 Å². The first-order valence-electron chi connectivity index (χ1n) is 4.59. The molecule has 5 heteroatoms. The summed E-state index contributed by atoms with van der Waals surface area (Å²) in [6.45, 7) is 6.35. The van der Waals surface area contributed by atoms with Gasteiger partial charge in [-0.05, 0) is 12.1 Å². The van der Waals surface area contributed by atoms with Crippen LogP contribution in [0.15, 0.2) is 18.2 Å². The van der Waals surface area contributed by atoms with Gasteiger partial charge in [0.2, 0.25) is 0 Å². The van der Waals surface area contributed by atoms with E-state index >= 15 is 0 Å². The quantitative estimate of drug-likeness (QED) is 0.308. The third-order valence-corrected chi connectivity index (χ3v) is 2.48. The zero-order valence-electron chi connectivity index (χ0n) is 9.37. The van der Waals surface area contributed by atoms with Gasteiger partial charge in [0, 0.05) is 0 Å². The van der Waals surface area contributed by atoms with Crippen LogP contribution in [0.25, 0.3) is 0 Å². The van der Waals surface area contributed by atoms with E-state index in [4.69, 9.17) is 5.73 Å². The molecular weight excluding hydrogens is 384 g/mol. The van der Waals surface area contributed by atoms with E-state index < -0.39 is 13.9 Å².